The average Bonchev–Trinajstić information content (AvgIpc) is 3.33. The maximum Gasteiger partial charge on any atom is 0.260 e. The summed E-state index contributed by atoms with van der Waals surface area (Å²) in [7, 11) is 0. The highest BCUT2D eigenvalue weighted by Gasteiger charge is 2.27. The van der Waals surface area contributed by atoms with E-state index in [0.29, 0.717) is 12.1 Å². The van der Waals surface area contributed by atoms with Crippen LogP contribution < -0.4 is 4.90 Å². The molecule has 0 aliphatic carbocycles. The van der Waals surface area contributed by atoms with Gasteiger partial charge in [0.2, 0.25) is 0 Å². The molecular formula is C21H22N2O2S. The molecule has 1 atom stereocenters. The standard InChI is InChI=1S/C21H22N2O2S/c1-14-10-11-18-19(15(14)2)22-21(26-18)23(13-17-9-6-12-25-17)20(24)16-7-4-3-5-8-16/h3-5,7-8,10-11,17H,6,9,12-13H2,1-2H3. The third-order valence-electron chi connectivity index (χ3n) is 4.98. The van der Waals surface area contributed by atoms with Gasteiger partial charge in [-0.05, 0) is 56.0 Å². The van der Waals surface area contributed by atoms with Crippen LogP contribution in [-0.4, -0.2) is 30.1 Å². The van der Waals surface area contributed by atoms with Gasteiger partial charge in [0.15, 0.2) is 5.13 Å². The number of hydrogen-bond acceptors (Lipinski definition) is 4. The number of aryl methyl sites for hydroxylation is 2. The van der Waals surface area contributed by atoms with Crippen molar-refractivity contribution in [2.45, 2.75) is 32.8 Å². The molecule has 2 aromatic carbocycles. The molecule has 4 nitrogen and oxygen atoms in total. The third kappa shape index (κ3) is 3.24. The first-order valence-corrected chi connectivity index (χ1v) is 9.80. The average molecular weight is 366 g/mol. The summed E-state index contributed by atoms with van der Waals surface area (Å²) in [5, 5.41) is 0.748. The van der Waals surface area contributed by atoms with Crippen LogP contribution in [0.15, 0.2) is 42.5 Å². The lowest BCUT2D eigenvalue weighted by molar-refractivity contribution is 0.0917. The number of aromatic nitrogens is 1. The lowest BCUT2D eigenvalue weighted by Gasteiger charge is -2.23. The van der Waals surface area contributed by atoms with Gasteiger partial charge in [-0.3, -0.25) is 9.69 Å². The molecule has 0 radical (unpaired) electrons. The van der Waals surface area contributed by atoms with Gasteiger partial charge in [0, 0.05) is 12.2 Å². The van der Waals surface area contributed by atoms with E-state index in [2.05, 4.69) is 26.0 Å². The Hall–Kier alpha value is -2.24. The van der Waals surface area contributed by atoms with Crippen LogP contribution in [0.1, 0.15) is 34.3 Å². The summed E-state index contributed by atoms with van der Waals surface area (Å²) in [5.74, 6) is -0.0190. The zero-order chi connectivity index (χ0) is 18.1. The molecule has 0 spiro atoms. The molecule has 1 unspecified atom stereocenters. The van der Waals surface area contributed by atoms with Gasteiger partial charge in [-0.15, -0.1) is 0 Å². The SMILES string of the molecule is Cc1ccc2sc(N(CC3CCCO3)C(=O)c3ccccc3)nc2c1C. The van der Waals surface area contributed by atoms with Crippen molar-refractivity contribution in [1.29, 1.82) is 0 Å². The fourth-order valence-electron chi connectivity index (χ4n) is 3.31. The number of carbonyl (C=O) groups excluding carboxylic acids is 1. The van der Waals surface area contributed by atoms with Gasteiger partial charge in [0.25, 0.3) is 5.91 Å². The molecule has 1 aliphatic rings. The first-order chi connectivity index (χ1) is 12.6. The number of nitrogens with zero attached hydrogens (tertiary/aromatic N) is 2. The highest BCUT2D eigenvalue weighted by molar-refractivity contribution is 7.22. The normalized spacial score (nSPS) is 16.9. The van der Waals surface area contributed by atoms with Crippen LogP contribution in [-0.2, 0) is 4.74 Å². The lowest BCUT2D eigenvalue weighted by atomic mass is 10.1. The molecule has 134 valence electrons. The Balaban J connectivity index is 1.74. The molecule has 0 N–H and O–H groups in total. The van der Waals surface area contributed by atoms with Crippen LogP contribution in [0.4, 0.5) is 5.13 Å². The van der Waals surface area contributed by atoms with E-state index in [0.717, 1.165) is 34.8 Å². The van der Waals surface area contributed by atoms with Gasteiger partial charge in [0.05, 0.1) is 22.9 Å². The Morgan fingerprint density at radius 3 is 2.77 bits per heavy atom. The van der Waals surface area contributed by atoms with E-state index in [4.69, 9.17) is 9.72 Å². The maximum atomic E-state index is 13.2. The zero-order valence-electron chi connectivity index (χ0n) is 15.1. The van der Waals surface area contributed by atoms with Gasteiger partial charge >= 0.3 is 0 Å². The van der Waals surface area contributed by atoms with Crippen LogP contribution in [0.2, 0.25) is 0 Å². The number of carbonyl (C=O) groups is 1. The highest BCUT2D eigenvalue weighted by Crippen LogP contribution is 2.33. The van der Waals surface area contributed by atoms with Crippen molar-refractivity contribution >= 4 is 32.6 Å². The van der Waals surface area contributed by atoms with E-state index in [9.17, 15) is 4.79 Å². The smallest absolute Gasteiger partial charge is 0.260 e. The summed E-state index contributed by atoms with van der Waals surface area (Å²) in [6.45, 7) is 5.50. The molecule has 1 fully saturated rings. The second-order valence-electron chi connectivity index (χ2n) is 6.77. The van der Waals surface area contributed by atoms with Crippen LogP contribution in [0, 0.1) is 13.8 Å². The molecule has 0 saturated carbocycles. The summed E-state index contributed by atoms with van der Waals surface area (Å²) in [6.07, 6.45) is 2.12. The number of fused-ring (bicyclic) bond motifs is 1. The molecule has 1 aliphatic heterocycles. The van der Waals surface area contributed by atoms with Crippen molar-refractivity contribution in [1.82, 2.24) is 4.98 Å². The molecule has 2 heterocycles. The van der Waals surface area contributed by atoms with Crippen molar-refractivity contribution in [3.63, 3.8) is 0 Å². The second-order valence-corrected chi connectivity index (χ2v) is 7.78. The van der Waals surface area contributed by atoms with Crippen molar-refractivity contribution < 1.29 is 9.53 Å². The van der Waals surface area contributed by atoms with E-state index < -0.39 is 0 Å². The minimum absolute atomic E-state index is 0.0190. The molecule has 5 heteroatoms. The largest absolute Gasteiger partial charge is 0.376 e. The summed E-state index contributed by atoms with van der Waals surface area (Å²) in [6, 6.07) is 13.6. The van der Waals surface area contributed by atoms with E-state index in [-0.39, 0.29) is 12.0 Å². The number of benzene rings is 2. The quantitative estimate of drug-likeness (QED) is 0.670. The first kappa shape index (κ1) is 17.2. The highest BCUT2D eigenvalue weighted by atomic mass is 32.1. The van der Waals surface area contributed by atoms with Crippen molar-refractivity contribution in [2.24, 2.45) is 0 Å². The number of hydrogen-bond donors (Lipinski definition) is 0. The van der Waals surface area contributed by atoms with Gasteiger partial charge in [-0.2, -0.15) is 0 Å². The topological polar surface area (TPSA) is 42.4 Å². The Morgan fingerprint density at radius 1 is 1.23 bits per heavy atom. The number of thiazole rings is 1. The predicted octanol–water partition coefficient (Wildman–Crippen LogP) is 4.74. The van der Waals surface area contributed by atoms with Crippen molar-refractivity contribution in [3.05, 3.63) is 59.2 Å². The molecule has 0 bridgehead atoms. The minimum Gasteiger partial charge on any atom is -0.376 e. The Labute approximate surface area is 157 Å². The number of ether oxygens (including phenoxy) is 1. The molecular weight excluding hydrogens is 344 g/mol. The lowest BCUT2D eigenvalue weighted by Crippen LogP contribution is -2.37. The first-order valence-electron chi connectivity index (χ1n) is 8.99. The molecule has 1 aromatic heterocycles. The number of anilines is 1. The number of amides is 1. The molecule has 3 aromatic rings. The van der Waals surface area contributed by atoms with Crippen LogP contribution in [0.3, 0.4) is 0 Å². The molecule has 1 amide bonds. The Morgan fingerprint density at radius 2 is 2.04 bits per heavy atom. The van der Waals surface area contributed by atoms with Crippen LogP contribution >= 0.6 is 11.3 Å². The fourth-order valence-corrected chi connectivity index (χ4v) is 4.34. The van der Waals surface area contributed by atoms with Gasteiger partial charge in [-0.25, -0.2) is 4.98 Å². The summed E-state index contributed by atoms with van der Waals surface area (Å²) in [4.78, 5) is 19.8. The van der Waals surface area contributed by atoms with Crippen molar-refractivity contribution in [2.75, 3.05) is 18.1 Å². The predicted molar refractivity (Wildman–Crippen MR) is 106 cm³/mol. The summed E-state index contributed by atoms with van der Waals surface area (Å²) >= 11 is 1.57. The van der Waals surface area contributed by atoms with E-state index >= 15 is 0 Å². The van der Waals surface area contributed by atoms with Crippen molar-refractivity contribution in [3.8, 4) is 0 Å². The summed E-state index contributed by atoms with van der Waals surface area (Å²) in [5.41, 5.74) is 4.06. The fraction of sp³-hybridized carbons (Fsp3) is 0.333. The monoisotopic (exact) mass is 366 g/mol. The second kappa shape index (κ2) is 7.17. The van der Waals surface area contributed by atoms with E-state index in [1.165, 1.54) is 11.1 Å². The third-order valence-corrected chi connectivity index (χ3v) is 6.02. The zero-order valence-corrected chi connectivity index (χ0v) is 15.9. The maximum absolute atomic E-state index is 13.2. The Kier molecular flexibility index (Phi) is 4.74. The van der Waals surface area contributed by atoms with Gasteiger partial charge in [-0.1, -0.05) is 35.6 Å². The van der Waals surface area contributed by atoms with Crippen LogP contribution in [0.5, 0.6) is 0 Å². The molecule has 1 saturated heterocycles. The van der Waals surface area contributed by atoms with Gasteiger partial charge < -0.3 is 4.74 Å². The van der Waals surface area contributed by atoms with Gasteiger partial charge in [0.1, 0.15) is 0 Å². The minimum atomic E-state index is -0.0190. The van der Waals surface area contributed by atoms with Crippen LogP contribution in [0.25, 0.3) is 10.2 Å². The van der Waals surface area contributed by atoms with E-state index in [1.807, 2.05) is 30.3 Å². The summed E-state index contributed by atoms with van der Waals surface area (Å²) < 4.78 is 6.90. The van der Waals surface area contributed by atoms with E-state index in [1.54, 1.807) is 16.2 Å². The molecule has 26 heavy (non-hydrogen) atoms. The number of rotatable bonds is 4. The Bertz CT molecular complexity index is 930. The molecule has 4 rings (SSSR count).